The quantitative estimate of drug-likeness (QED) is 0.489. The fraction of sp³-hybridized carbons (Fsp3) is 0.333. The number of nitrogens with one attached hydrogen (secondary N) is 2. The van der Waals surface area contributed by atoms with Gasteiger partial charge in [0.25, 0.3) is 17.5 Å². The third-order valence-electron chi connectivity index (χ3n) is 4.80. The topological polar surface area (TPSA) is 132 Å². The Morgan fingerprint density at radius 2 is 1.69 bits per heavy atom. The number of anilines is 1. The summed E-state index contributed by atoms with van der Waals surface area (Å²) in [5.74, 6) is -0.407. The van der Waals surface area contributed by atoms with Crippen LogP contribution in [0.5, 0.6) is 11.5 Å². The Balaban J connectivity index is 1.69. The van der Waals surface area contributed by atoms with Crippen molar-refractivity contribution in [2.24, 2.45) is 0 Å². The zero-order chi connectivity index (χ0) is 23.1. The summed E-state index contributed by atoms with van der Waals surface area (Å²) in [6.45, 7) is 4.26. The number of nitrogens with zero attached hydrogens (tertiary/aromatic N) is 2. The number of carbonyl (C=O) groups is 2. The number of morpholine rings is 1. The number of nitro benzene ring substituents is 1. The molecular formula is C21H24N4O7. The molecule has 1 aliphatic rings. The van der Waals surface area contributed by atoms with Crippen molar-refractivity contribution < 1.29 is 28.7 Å². The van der Waals surface area contributed by atoms with Crippen molar-refractivity contribution in [1.29, 1.82) is 0 Å². The standard InChI is InChI=1S/C21H24N4O7/c1-3-32-18-7-5-15(13-19(18)30-2)21(27)23-22-20(26)14-4-6-16(17(12-14)25(28)29)24-8-10-31-11-9-24/h4-7,12-13H,3,8-11H2,1-2H3,(H,22,26)(H,23,27). The Labute approximate surface area is 184 Å². The van der Waals surface area contributed by atoms with Gasteiger partial charge in [0, 0.05) is 30.3 Å². The van der Waals surface area contributed by atoms with E-state index in [1.54, 1.807) is 6.07 Å². The molecule has 1 fully saturated rings. The first-order chi connectivity index (χ1) is 15.4. The van der Waals surface area contributed by atoms with Crippen LogP contribution < -0.4 is 25.2 Å². The SMILES string of the molecule is CCOc1ccc(C(=O)NNC(=O)c2ccc(N3CCOCC3)c([N+](=O)[O-])c2)cc1OC. The van der Waals surface area contributed by atoms with E-state index in [1.807, 2.05) is 11.8 Å². The van der Waals surface area contributed by atoms with E-state index < -0.39 is 16.7 Å². The first kappa shape index (κ1) is 22.8. The van der Waals surface area contributed by atoms with Crippen molar-refractivity contribution in [2.45, 2.75) is 6.92 Å². The molecule has 1 heterocycles. The lowest BCUT2D eigenvalue weighted by Crippen LogP contribution is -2.41. The summed E-state index contributed by atoms with van der Waals surface area (Å²) in [5, 5.41) is 11.5. The Kier molecular flexibility index (Phi) is 7.45. The predicted molar refractivity (Wildman–Crippen MR) is 115 cm³/mol. The molecule has 0 atom stereocenters. The zero-order valence-corrected chi connectivity index (χ0v) is 17.8. The summed E-state index contributed by atoms with van der Waals surface area (Å²) in [4.78, 5) is 37.7. The van der Waals surface area contributed by atoms with E-state index >= 15 is 0 Å². The molecule has 0 bridgehead atoms. The number of methoxy groups -OCH3 is 1. The van der Waals surface area contributed by atoms with Crippen molar-refractivity contribution >= 4 is 23.2 Å². The lowest BCUT2D eigenvalue weighted by atomic mass is 10.1. The third-order valence-corrected chi connectivity index (χ3v) is 4.80. The number of hydrogen-bond acceptors (Lipinski definition) is 8. The highest BCUT2D eigenvalue weighted by atomic mass is 16.6. The van der Waals surface area contributed by atoms with Crippen LogP contribution in [0, 0.1) is 10.1 Å². The van der Waals surface area contributed by atoms with Gasteiger partial charge in [0.1, 0.15) is 5.69 Å². The zero-order valence-electron chi connectivity index (χ0n) is 17.8. The molecule has 0 aliphatic carbocycles. The summed E-state index contributed by atoms with van der Waals surface area (Å²) in [5.41, 5.74) is 5.07. The minimum Gasteiger partial charge on any atom is -0.493 e. The largest absolute Gasteiger partial charge is 0.493 e. The normalized spacial score (nSPS) is 13.2. The Hall–Kier alpha value is -3.86. The highest BCUT2D eigenvalue weighted by Gasteiger charge is 2.23. The van der Waals surface area contributed by atoms with E-state index in [9.17, 15) is 19.7 Å². The van der Waals surface area contributed by atoms with E-state index in [2.05, 4.69) is 10.9 Å². The molecule has 1 saturated heterocycles. The lowest BCUT2D eigenvalue weighted by Gasteiger charge is -2.28. The minimum atomic E-state index is -0.687. The molecule has 0 spiro atoms. The summed E-state index contributed by atoms with van der Waals surface area (Å²) < 4.78 is 15.9. The molecule has 0 unspecified atom stereocenters. The molecule has 2 aromatic carbocycles. The average Bonchev–Trinajstić information content (AvgIpc) is 2.82. The molecule has 32 heavy (non-hydrogen) atoms. The van der Waals surface area contributed by atoms with Gasteiger partial charge in [-0.05, 0) is 37.3 Å². The number of benzene rings is 2. The monoisotopic (exact) mass is 444 g/mol. The van der Waals surface area contributed by atoms with Crippen molar-refractivity contribution in [3.8, 4) is 11.5 Å². The molecule has 2 aromatic rings. The number of hydrogen-bond donors (Lipinski definition) is 2. The number of hydrazine groups is 1. The third kappa shape index (κ3) is 5.24. The van der Waals surface area contributed by atoms with E-state index in [-0.39, 0.29) is 16.8 Å². The van der Waals surface area contributed by atoms with Gasteiger partial charge >= 0.3 is 0 Å². The number of ether oxygens (including phenoxy) is 3. The van der Waals surface area contributed by atoms with Gasteiger partial charge in [0.05, 0.1) is 31.9 Å². The Morgan fingerprint density at radius 1 is 1.06 bits per heavy atom. The summed E-state index contributed by atoms with van der Waals surface area (Å²) in [7, 11) is 1.45. The number of amides is 2. The predicted octanol–water partition coefficient (Wildman–Crippen LogP) is 1.91. The van der Waals surface area contributed by atoms with Crippen LogP contribution in [0.4, 0.5) is 11.4 Å². The second-order valence-electron chi connectivity index (χ2n) is 6.77. The molecule has 11 nitrogen and oxygen atoms in total. The van der Waals surface area contributed by atoms with Gasteiger partial charge in [0.15, 0.2) is 11.5 Å². The van der Waals surface area contributed by atoms with Gasteiger partial charge in [-0.15, -0.1) is 0 Å². The number of nitro groups is 1. The molecule has 11 heteroatoms. The lowest BCUT2D eigenvalue weighted by molar-refractivity contribution is -0.384. The van der Waals surface area contributed by atoms with Gasteiger partial charge in [0.2, 0.25) is 0 Å². The molecule has 0 saturated carbocycles. The van der Waals surface area contributed by atoms with Crippen LogP contribution in [0.3, 0.4) is 0 Å². The van der Waals surface area contributed by atoms with E-state index in [0.29, 0.717) is 50.1 Å². The van der Waals surface area contributed by atoms with Gasteiger partial charge in [-0.25, -0.2) is 0 Å². The number of rotatable bonds is 7. The molecular weight excluding hydrogens is 420 g/mol. The van der Waals surface area contributed by atoms with Crippen LogP contribution in [0.15, 0.2) is 36.4 Å². The van der Waals surface area contributed by atoms with Gasteiger partial charge in [-0.1, -0.05) is 0 Å². The Bertz CT molecular complexity index is 1010. The minimum absolute atomic E-state index is 0.0401. The van der Waals surface area contributed by atoms with Crippen molar-refractivity contribution in [1.82, 2.24) is 10.9 Å². The smallest absolute Gasteiger partial charge is 0.293 e. The molecule has 170 valence electrons. The van der Waals surface area contributed by atoms with Crippen LogP contribution in [0.1, 0.15) is 27.6 Å². The molecule has 0 radical (unpaired) electrons. The van der Waals surface area contributed by atoms with Crippen LogP contribution >= 0.6 is 0 Å². The van der Waals surface area contributed by atoms with Gasteiger partial charge in [-0.3, -0.25) is 30.6 Å². The van der Waals surface area contributed by atoms with Crippen LogP contribution in [-0.2, 0) is 4.74 Å². The number of carbonyl (C=O) groups excluding carboxylic acids is 2. The highest BCUT2D eigenvalue weighted by Crippen LogP contribution is 2.30. The highest BCUT2D eigenvalue weighted by molar-refractivity contribution is 6.00. The van der Waals surface area contributed by atoms with Crippen molar-refractivity contribution in [3.05, 3.63) is 57.6 Å². The van der Waals surface area contributed by atoms with Crippen LogP contribution in [0.2, 0.25) is 0 Å². The van der Waals surface area contributed by atoms with E-state index in [4.69, 9.17) is 14.2 Å². The summed E-state index contributed by atoms with van der Waals surface area (Å²) >= 11 is 0. The van der Waals surface area contributed by atoms with Gasteiger partial charge < -0.3 is 19.1 Å². The van der Waals surface area contributed by atoms with E-state index in [0.717, 1.165) is 0 Å². The maximum Gasteiger partial charge on any atom is 0.293 e. The van der Waals surface area contributed by atoms with Gasteiger partial charge in [-0.2, -0.15) is 0 Å². The second-order valence-corrected chi connectivity index (χ2v) is 6.77. The summed E-state index contributed by atoms with van der Waals surface area (Å²) in [6, 6.07) is 8.78. The first-order valence-electron chi connectivity index (χ1n) is 9.97. The van der Waals surface area contributed by atoms with Crippen molar-refractivity contribution in [2.75, 3.05) is 44.9 Å². The maximum atomic E-state index is 12.5. The van der Waals surface area contributed by atoms with Crippen LogP contribution in [-0.4, -0.2) is 56.8 Å². The molecule has 0 aromatic heterocycles. The fourth-order valence-corrected chi connectivity index (χ4v) is 3.22. The Morgan fingerprint density at radius 3 is 2.28 bits per heavy atom. The molecule has 2 amide bonds. The summed E-state index contributed by atoms with van der Waals surface area (Å²) in [6.07, 6.45) is 0. The molecule has 3 rings (SSSR count). The fourth-order valence-electron chi connectivity index (χ4n) is 3.22. The molecule has 1 aliphatic heterocycles. The van der Waals surface area contributed by atoms with E-state index in [1.165, 1.54) is 37.4 Å². The second kappa shape index (κ2) is 10.4. The maximum absolute atomic E-state index is 12.5. The van der Waals surface area contributed by atoms with Crippen molar-refractivity contribution in [3.63, 3.8) is 0 Å². The molecule has 2 N–H and O–H groups in total. The van der Waals surface area contributed by atoms with Crippen LogP contribution in [0.25, 0.3) is 0 Å². The average molecular weight is 444 g/mol. The first-order valence-corrected chi connectivity index (χ1v) is 9.97.